The van der Waals surface area contributed by atoms with Gasteiger partial charge in [0, 0.05) is 12.6 Å². The third-order valence-electron chi connectivity index (χ3n) is 5.19. The van der Waals surface area contributed by atoms with E-state index < -0.39 is 0 Å². The van der Waals surface area contributed by atoms with Crippen LogP contribution in [0.2, 0.25) is 0 Å². The molecule has 1 atom stereocenters. The fraction of sp³-hybridized carbons (Fsp3) is 0.611. The molecule has 0 spiro atoms. The largest absolute Gasteiger partial charge is 0.345 e. The molecule has 1 aliphatic carbocycles. The number of carbonyl (C=O) groups excluding carboxylic acids is 1. The first-order valence-corrected chi connectivity index (χ1v) is 8.48. The number of nitrogens with one attached hydrogen (secondary N) is 2. The van der Waals surface area contributed by atoms with Crippen LogP contribution in [0, 0.1) is 0 Å². The van der Waals surface area contributed by atoms with E-state index in [2.05, 4.69) is 39.8 Å². The van der Waals surface area contributed by atoms with E-state index in [1.165, 1.54) is 24.8 Å². The van der Waals surface area contributed by atoms with Gasteiger partial charge >= 0.3 is 0 Å². The number of likely N-dealkylation sites (N-methyl/N-ethyl adjacent to an activating group) is 1. The zero-order valence-electron chi connectivity index (χ0n) is 13.5. The van der Waals surface area contributed by atoms with Crippen molar-refractivity contribution in [2.45, 2.75) is 43.7 Å². The summed E-state index contributed by atoms with van der Waals surface area (Å²) in [6.07, 6.45) is 5.69. The van der Waals surface area contributed by atoms with Crippen LogP contribution >= 0.6 is 0 Å². The number of hydrogen-bond acceptors (Lipinski definition) is 3. The molecule has 1 heterocycles. The summed E-state index contributed by atoms with van der Waals surface area (Å²) in [5.74, 6) is 0.167. The molecular weight excluding hydrogens is 274 g/mol. The Labute approximate surface area is 133 Å². The first-order chi connectivity index (χ1) is 10.7. The van der Waals surface area contributed by atoms with Crippen LogP contribution in [0.1, 0.15) is 37.7 Å². The van der Waals surface area contributed by atoms with Crippen LogP contribution in [0.4, 0.5) is 0 Å². The van der Waals surface area contributed by atoms with Gasteiger partial charge in [0.05, 0.1) is 12.1 Å². The number of hydrogen-bond donors (Lipinski definition) is 2. The van der Waals surface area contributed by atoms with Crippen molar-refractivity contribution < 1.29 is 4.79 Å². The zero-order chi connectivity index (χ0) is 15.4. The molecule has 1 saturated heterocycles. The van der Waals surface area contributed by atoms with Crippen molar-refractivity contribution in [2.75, 3.05) is 26.7 Å². The predicted octanol–water partition coefficient (Wildman–Crippen LogP) is 1.87. The lowest BCUT2D eigenvalue weighted by Crippen LogP contribution is -2.54. The Bertz CT molecular complexity index is 498. The number of likely N-dealkylation sites (tertiary alicyclic amines) is 1. The highest BCUT2D eigenvalue weighted by Gasteiger charge is 2.40. The number of carbonyl (C=O) groups is 1. The third-order valence-corrected chi connectivity index (χ3v) is 5.19. The van der Waals surface area contributed by atoms with Gasteiger partial charge < -0.3 is 10.6 Å². The van der Waals surface area contributed by atoms with Gasteiger partial charge in [-0.15, -0.1) is 0 Å². The lowest BCUT2D eigenvalue weighted by Gasteiger charge is -2.43. The SMILES string of the molecule is CNC1CCCN(CC(=O)NC2(c3ccccc3)CCC2)C1. The van der Waals surface area contributed by atoms with Gasteiger partial charge in [0.2, 0.25) is 5.91 Å². The molecule has 22 heavy (non-hydrogen) atoms. The summed E-state index contributed by atoms with van der Waals surface area (Å²) in [7, 11) is 2.01. The molecule has 1 aromatic rings. The minimum absolute atomic E-state index is 0.115. The van der Waals surface area contributed by atoms with Crippen LogP contribution in [0.3, 0.4) is 0 Å². The van der Waals surface area contributed by atoms with Gasteiger partial charge in [0.25, 0.3) is 0 Å². The van der Waals surface area contributed by atoms with Crippen LogP contribution in [-0.2, 0) is 10.3 Å². The lowest BCUT2D eigenvalue weighted by molar-refractivity contribution is -0.125. The molecule has 120 valence electrons. The van der Waals surface area contributed by atoms with Gasteiger partial charge in [-0.25, -0.2) is 0 Å². The Morgan fingerprint density at radius 2 is 2.05 bits per heavy atom. The van der Waals surface area contributed by atoms with Crippen molar-refractivity contribution in [1.29, 1.82) is 0 Å². The minimum Gasteiger partial charge on any atom is -0.345 e. The van der Waals surface area contributed by atoms with Gasteiger partial charge in [0.1, 0.15) is 0 Å². The molecule has 2 N–H and O–H groups in total. The average molecular weight is 301 g/mol. The molecule has 4 nitrogen and oxygen atoms in total. The Hall–Kier alpha value is -1.39. The molecule has 0 radical (unpaired) electrons. The molecule has 1 amide bonds. The second-order valence-electron chi connectivity index (χ2n) is 6.71. The maximum atomic E-state index is 12.5. The summed E-state index contributed by atoms with van der Waals surface area (Å²) in [6, 6.07) is 10.9. The highest BCUT2D eigenvalue weighted by Crippen LogP contribution is 2.41. The molecule has 1 saturated carbocycles. The maximum Gasteiger partial charge on any atom is 0.234 e. The smallest absolute Gasteiger partial charge is 0.234 e. The first kappa shape index (κ1) is 15.5. The summed E-state index contributed by atoms with van der Waals surface area (Å²) >= 11 is 0. The van der Waals surface area contributed by atoms with Gasteiger partial charge in [-0.2, -0.15) is 0 Å². The van der Waals surface area contributed by atoms with Crippen molar-refractivity contribution in [3.8, 4) is 0 Å². The Balaban J connectivity index is 1.59. The van der Waals surface area contributed by atoms with Crippen LogP contribution in [-0.4, -0.2) is 43.5 Å². The van der Waals surface area contributed by atoms with E-state index in [4.69, 9.17) is 0 Å². The van der Waals surface area contributed by atoms with Gasteiger partial charge in [-0.05, 0) is 51.3 Å². The number of benzene rings is 1. The summed E-state index contributed by atoms with van der Waals surface area (Å²) in [5.41, 5.74) is 1.14. The van der Waals surface area contributed by atoms with E-state index in [0.29, 0.717) is 12.6 Å². The Morgan fingerprint density at radius 1 is 1.27 bits per heavy atom. The minimum atomic E-state index is -0.115. The first-order valence-electron chi connectivity index (χ1n) is 8.48. The van der Waals surface area contributed by atoms with Crippen LogP contribution in [0.25, 0.3) is 0 Å². The number of rotatable bonds is 5. The molecule has 2 aliphatic rings. The third kappa shape index (κ3) is 3.33. The quantitative estimate of drug-likeness (QED) is 0.872. The number of piperidine rings is 1. The van der Waals surface area contributed by atoms with Crippen molar-refractivity contribution >= 4 is 5.91 Å². The number of nitrogens with zero attached hydrogens (tertiary/aromatic N) is 1. The molecule has 3 rings (SSSR count). The molecule has 1 aromatic carbocycles. The van der Waals surface area contributed by atoms with Crippen LogP contribution < -0.4 is 10.6 Å². The summed E-state index contributed by atoms with van der Waals surface area (Å²) in [6.45, 7) is 2.53. The second-order valence-corrected chi connectivity index (χ2v) is 6.71. The lowest BCUT2D eigenvalue weighted by atomic mass is 9.72. The summed E-state index contributed by atoms with van der Waals surface area (Å²) in [5, 5.41) is 6.66. The van der Waals surface area contributed by atoms with E-state index in [1.54, 1.807) is 0 Å². The van der Waals surface area contributed by atoms with E-state index in [-0.39, 0.29) is 11.4 Å². The van der Waals surface area contributed by atoms with Gasteiger partial charge in [-0.3, -0.25) is 9.69 Å². The fourth-order valence-corrected chi connectivity index (χ4v) is 3.72. The average Bonchev–Trinajstić information content (AvgIpc) is 2.52. The standard InChI is InChI=1S/C18H27N3O/c1-19-16-9-5-12-21(13-16)14-17(22)20-18(10-6-11-18)15-7-3-2-4-8-15/h2-4,7-8,16,19H,5-6,9-14H2,1H3,(H,20,22). The molecule has 1 aliphatic heterocycles. The normalized spacial score (nSPS) is 24.5. The second kappa shape index (κ2) is 6.80. The molecule has 0 bridgehead atoms. The maximum absolute atomic E-state index is 12.5. The monoisotopic (exact) mass is 301 g/mol. The van der Waals surface area contributed by atoms with E-state index in [0.717, 1.165) is 25.9 Å². The van der Waals surface area contributed by atoms with Crippen molar-refractivity contribution in [3.05, 3.63) is 35.9 Å². The molecule has 4 heteroatoms. The van der Waals surface area contributed by atoms with Crippen molar-refractivity contribution in [3.63, 3.8) is 0 Å². The van der Waals surface area contributed by atoms with Crippen LogP contribution in [0.15, 0.2) is 30.3 Å². The summed E-state index contributed by atoms with van der Waals surface area (Å²) in [4.78, 5) is 14.8. The van der Waals surface area contributed by atoms with Crippen molar-refractivity contribution in [2.24, 2.45) is 0 Å². The topological polar surface area (TPSA) is 44.4 Å². The molecular formula is C18H27N3O. The Kier molecular flexibility index (Phi) is 4.79. The number of amides is 1. The van der Waals surface area contributed by atoms with Crippen LogP contribution in [0.5, 0.6) is 0 Å². The highest BCUT2D eigenvalue weighted by molar-refractivity contribution is 5.79. The van der Waals surface area contributed by atoms with Gasteiger partial charge in [-0.1, -0.05) is 30.3 Å². The fourth-order valence-electron chi connectivity index (χ4n) is 3.72. The molecule has 0 aromatic heterocycles. The van der Waals surface area contributed by atoms with E-state index in [9.17, 15) is 4.79 Å². The van der Waals surface area contributed by atoms with E-state index in [1.807, 2.05) is 13.1 Å². The zero-order valence-corrected chi connectivity index (χ0v) is 13.5. The predicted molar refractivity (Wildman–Crippen MR) is 88.6 cm³/mol. The molecule has 1 unspecified atom stereocenters. The van der Waals surface area contributed by atoms with Gasteiger partial charge in [0.15, 0.2) is 0 Å². The highest BCUT2D eigenvalue weighted by atomic mass is 16.2. The Morgan fingerprint density at radius 3 is 2.68 bits per heavy atom. The molecule has 2 fully saturated rings. The summed E-state index contributed by atoms with van der Waals surface area (Å²) < 4.78 is 0. The van der Waals surface area contributed by atoms with Crippen molar-refractivity contribution in [1.82, 2.24) is 15.5 Å². The van der Waals surface area contributed by atoms with E-state index >= 15 is 0 Å².